The normalized spacial score (nSPS) is 7.65. The summed E-state index contributed by atoms with van der Waals surface area (Å²) < 4.78 is 4.11. The third-order valence-electron chi connectivity index (χ3n) is 0.843. The van der Waals surface area contributed by atoms with Crippen LogP contribution < -0.4 is 0 Å². The van der Waals surface area contributed by atoms with Gasteiger partial charge in [0, 0.05) is 26.7 Å². The SMILES string of the molecule is CC(=O)OC(C)=O.CCC(=O)Br.CCC(=O)Br. The predicted molar refractivity (Wildman–Crippen MR) is 70.9 cm³/mol. The van der Waals surface area contributed by atoms with E-state index in [4.69, 9.17) is 0 Å². The van der Waals surface area contributed by atoms with Crippen molar-refractivity contribution in [3.05, 3.63) is 0 Å². The molecule has 0 saturated heterocycles. The number of hydrogen-bond donors (Lipinski definition) is 0. The van der Waals surface area contributed by atoms with Crippen molar-refractivity contribution in [3.8, 4) is 0 Å². The molecule has 0 aliphatic carbocycles. The Kier molecular flexibility index (Phi) is 19.7. The highest BCUT2D eigenvalue weighted by atomic mass is 79.9. The highest BCUT2D eigenvalue weighted by Gasteiger charge is 1.93. The van der Waals surface area contributed by atoms with Crippen molar-refractivity contribution in [1.82, 2.24) is 0 Å². The van der Waals surface area contributed by atoms with Crippen molar-refractivity contribution in [1.29, 1.82) is 0 Å². The summed E-state index contributed by atoms with van der Waals surface area (Å²) in [4.78, 5) is 39.1. The molecule has 0 aromatic heterocycles. The molecule has 5 nitrogen and oxygen atoms in total. The molecule has 100 valence electrons. The second kappa shape index (κ2) is 15.4. The lowest BCUT2D eigenvalue weighted by atomic mass is 10.6. The Bertz CT molecular complexity index is 237. The number of ether oxygens (including phenoxy) is 1. The molecule has 0 bridgehead atoms. The van der Waals surface area contributed by atoms with Gasteiger partial charge >= 0.3 is 11.9 Å². The van der Waals surface area contributed by atoms with Crippen LogP contribution in [-0.4, -0.2) is 21.3 Å². The van der Waals surface area contributed by atoms with E-state index in [0.29, 0.717) is 12.8 Å². The smallest absolute Gasteiger partial charge is 0.310 e. The van der Waals surface area contributed by atoms with Crippen molar-refractivity contribution in [3.63, 3.8) is 0 Å². The van der Waals surface area contributed by atoms with Gasteiger partial charge in [-0.25, -0.2) is 0 Å². The average Bonchev–Trinajstić information content (AvgIpc) is 2.17. The lowest BCUT2D eigenvalue weighted by Gasteiger charge is -1.87. The van der Waals surface area contributed by atoms with Gasteiger partial charge in [0.2, 0.25) is 0 Å². The highest BCUT2D eigenvalue weighted by Crippen LogP contribution is 1.86. The van der Waals surface area contributed by atoms with Gasteiger partial charge < -0.3 is 4.74 Å². The second-order valence-corrected chi connectivity index (χ2v) is 4.27. The predicted octanol–water partition coefficient (Wildman–Crippen LogP) is 2.73. The molecule has 0 spiro atoms. The van der Waals surface area contributed by atoms with E-state index in [0.717, 1.165) is 0 Å². The fourth-order valence-corrected chi connectivity index (χ4v) is 0.202. The molecule has 0 heterocycles. The maximum atomic E-state index is 9.81. The van der Waals surface area contributed by atoms with E-state index in [1.165, 1.54) is 13.8 Å². The van der Waals surface area contributed by atoms with E-state index >= 15 is 0 Å². The van der Waals surface area contributed by atoms with E-state index < -0.39 is 11.9 Å². The molecular formula is C10H16Br2O5. The Morgan fingerprint density at radius 2 is 1.00 bits per heavy atom. The summed E-state index contributed by atoms with van der Waals surface area (Å²) in [5.41, 5.74) is 0. The van der Waals surface area contributed by atoms with Crippen molar-refractivity contribution in [2.75, 3.05) is 0 Å². The van der Waals surface area contributed by atoms with Gasteiger partial charge in [0.15, 0.2) is 9.39 Å². The first-order chi connectivity index (χ1) is 7.67. The van der Waals surface area contributed by atoms with Gasteiger partial charge in [-0.3, -0.25) is 19.2 Å². The monoisotopic (exact) mass is 374 g/mol. The first kappa shape index (κ1) is 21.7. The third kappa shape index (κ3) is 50.4. The molecule has 0 aliphatic rings. The zero-order valence-corrected chi connectivity index (χ0v) is 13.4. The van der Waals surface area contributed by atoms with Crippen LogP contribution in [0.2, 0.25) is 0 Å². The van der Waals surface area contributed by atoms with Crippen LogP contribution in [0.1, 0.15) is 40.5 Å². The Morgan fingerprint density at radius 1 is 0.824 bits per heavy atom. The molecule has 0 aliphatic heterocycles. The van der Waals surface area contributed by atoms with Crippen LogP contribution in [0.3, 0.4) is 0 Å². The lowest BCUT2D eigenvalue weighted by molar-refractivity contribution is -0.156. The summed E-state index contributed by atoms with van der Waals surface area (Å²) in [5.74, 6) is -1.12. The number of rotatable bonds is 2. The van der Waals surface area contributed by atoms with Gasteiger partial charge in [0.1, 0.15) is 0 Å². The summed E-state index contributed by atoms with van der Waals surface area (Å²) in [6.07, 6.45) is 1.17. The maximum Gasteiger partial charge on any atom is 0.310 e. The number of carbonyl (C=O) groups is 4. The van der Waals surface area contributed by atoms with E-state index in [9.17, 15) is 19.2 Å². The van der Waals surface area contributed by atoms with E-state index in [-0.39, 0.29) is 9.39 Å². The standard InChI is InChI=1S/C4H6O3.2C3H5BrO/c1-3(5)7-4(2)6;2*1-2-3(4)5/h1-2H3;2*2H2,1H3. The fourth-order valence-electron chi connectivity index (χ4n) is 0.202. The van der Waals surface area contributed by atoms with E-state index in [1.54, 1.807) is 13.8 Å². The van der Waals surface area contributed by atoms with Crippen LogP contribution in [0.4, 0.5) is 0 Å². The topological polar surface area (TPSA) is 77.5 Å². The molecule has 0 fully saturated rings. The summed E-state index contributed by atoms with van der Waals surface area (Å²) in [6.45, 7) is 5.97. The molecule has 0 aromatic rings. The van der Waals surface area contributed by atoms with Crippen LogP contribution >= 0.6 is 31.9 Å². The molecule has 17 heavy (non-hydrogen) atoms. The van der Waals surface area contributed by atoms with Gasteiger partial charge in [0.05, 0.1) is 0 Å². The first-order valence-corrected chi connectivity index (χ1v) is 6.31. The Balaban J connectivity index is -0.000000177. The Morgan fingerprint density at radius 3 is 1.00 bits per heavy atom. The molecule has 0 amide bonds. The van der Waals surface area contributed by atoms with Gasteiger partial charge in [0.25, 0.3) is 0 Å². The zero-order valence-electron chi connectivity index (χ0n) is 10.2. The van der Waals surface area contributed by atoms with Crippen molar-refractivity contribution in [2.24, 2.45) is 0 Å². The third-order valence-corrected chi connectivity index (χ3v) is 1.96. The van der Waals surface area contributed by atoms with Crippen LogP contribution in [0.5, 0.6) is 0 Å². The maximum absolute atomic E-state index is 9.81. The molecule has 0 rings (SSSR count). The van der Waals surface area contributed by atoms with Crippen LogP contribution in [0, 0.1) is 0 Å². The zero-order chi connectivity index (χ0) is 14.4. The lowest BCUT2D eigenvalue weighted by Crippen LogP contribution is -2.03. The van der Waals surface area contributed by atoms with E-state index in [2.05, 4.69) is 36.6 Å². The molecule has 0 N–H and O–H groups in total. The molecule has 7 heteroatoms. The second-order valence-electron chi connectivity index (χ2n) is 2.50. The number of esters is 2. The highest BCUT2D eigenvalue weighted by molar-refractivity contribution is 9.18. The fraction of sp³-hybridized carbons (Fsp3) is 0.600. The van der Waals surface area contributed by atoms with Gasteiger partial charge in [-0.2, -0.15) is 0 Å². The van der Waals surface area contributed by atoms with Crippen LogP contribution in [0.15, 0.2) is 0 Å². The minimum Gasteiger partial charge on any atom is -0.394 e. The minimum atomic E-state index is -0.562. The Hall–Kier alpha value is -0.560. The minimum absolute atomic E-state index is 0.0671. The van der Waals surface area contributed by atoms with Crippen molar-refractivity contribution >= 4 is 53.2 Å². The molecular weight excluding hydrogens is 360 g/mol. The molecule has 0 saturated carbocycles. The first-order valence-electron chi connectivity index (χ1n) is 4.72. The van der Waals surface area contributed by atoms with E-state index in [1.807, 2.05) is 0 Å². The molecule has 0 unspecified atom stereocenters. The summed E-state index contributed by atoms with van der Waals surface area (Å²) in [6, 6.07) is 0. The number of carbonyl (C=O) groups excluding carboxylic acids is 4. The average molecular weight is 376 g/mol. The molecule has 0 atom stereocenters. The van der Waals surface area contributed by atoms with Crippen molar-refractivity contribution < 1.29 is 23.9 Å². The van der Waals surface area contributed by atoms with Gasteiger partial charge in [-0.05, 0) is 31.9 Å². The number of halogens is 2. The molecule has 0 aromatic carbocycles. The van der Waals surface area contributed by atoms with Crippen molar-refractivity contribution in [2.45, 2.75) is 40.5 Å². The van der Waals surface area contributed by atoms with Gasteiger partial charge in [-0.15, -0.1) is 0 Å². The quantitative estimate of drug-likeness (QED) is 0.421. The number of hydrogen-bond acceptors (Lipinski definition) is 5. The summed E-state index contributed by atoms with van der Waals surface area (Å²) >= 11 is 5.47. The molecule has 0 radical (unpaired) electrons. The summed E-state index contributed by atoms with van der Waals surface area (Å²) in [5, 5.41) is 0. The van der Waals surface area contributed by atoms with Crippen LogP contribution in [0.25, 0.3) is 0 Å². The summed E-state index contributed by atoms with van der Waals surface area (Å²) in [7, 11) is 0. The Labute approximate surface area is 118 Å². The van der Waals surface area contributed by atoms with Crippen LogP contribution in [-0.2, 0) is 23.9 Å². The van der Waals surface area contributed by atoms with Gasteiger partial charge in [-0.1, -0.05) is 13.8 Å². The largest absolute Gasteiger partial charge is 0.394 e.